The van der Waals surface area contributed by atoms with Crippen LogP contribution in [-0.4, -0.2) is 26.0 Å². The van der Waals surface area contributed by atoms with Gasteiger partial charge >= 0.3 is 0 Å². The lowest BCUT2D eigenvalue weighted by molar-refractivity contribution is 0.473. The van der Waals surface area contributed by atoms with Gasteiger partial charge in [-0.25, -0.2) is 13.6 Å². The quantitative estimate of drug-likeness (QED) is 0.738. The van der Waals surface area contributed by atoms with Crippen molar-refractivity contribution >= 4 is 33.2 Å². The molecule has 1 saturated carbocycles. The predicted molar refractivity (Wildman–Crippen MR) is 85.4 cm³/mol. The molecule has 0 unspecified atom stereocenters. The number of primary sulfonamides is 1. The van der Waals surface area contributed by atoms with Gasteiger partial charge in [0.1, 0.15) is 0 Å². The number of benzene rings is 1. The van der Waals surface area contributed by atoms with E-state index in [-0.39, 0.29) is 4.90 Å². The van der Waals surface area contributed by atoms with Crippen LogP contribution in [-0.2, 0) is 10.0 Å². The third-order valence-corrected chi connectivity index (χ3v) is 5.77. The van der Waals surface area contributed by atoms with Gasteiger partial charge in [-0.2, -0.15) is 11.8 Å². The highest BCUT2D eigenvalue weighted by atomic mass is 32.2. The predicted octanol–water partition coefficient (Wildman–Crippen LogP) is 2.00. The van der Waals surface area contributed by atoms with Gasteiger partial charge in [0.25, 0.3) is 0 Å². The Kier molecular flexibility index (Phi) is 4.82. The van der Waals surface area contributed by atoms with Gasteiger partial charge in [0.05, 0.1) is 16.3 Å². The molecule has 0 bridgehead atoms. The third kappa shape index (κ3) is 3.80. The molecule has 1 aromatic carbocycles. The highest BCUT2D eigenvalue weighted by Gasteiger charge is 2.21. The lowest BCUT2D eigenvalue weighted by Gasteiger charge is -2.29. The minimum Gasteiger partial charge on any atom is -0.397 e. The summed E-state index contributed by atoms with van der Waals surface area (Å²) >= 11 is 1.93. The Morgan fingerprint density at radius 2 is 1.90 bits per heavy atom. The molecule has 0 radical (unpaired) electrons. The van der Waals surface area contributed by atoms with Crippen molar-refractivity contribution in [2.75, 3.05) is 17.3 Å². The summed E-state index contributed by atoms with van der Waals surface area (Å²) in [4.78, 5) is 0.0478. The van der Waals surface area contributed by atoms with Gasteiger partial charge in [-0.1, -0.05) is 0 Å². The Morgan fingerprint density at radius 1 is 1.25 bits per heavy atom. The van der Waals surface area contributed by atoms with Gasteiger partial charge in [0.15, 0.2) is 0 Å². The molecule has 112 valence electrons. The van der Waals surface area contributed by atoms with Crippen LogP contribution in [0, 0.1) is 0 Å². The topological polar surface area (TPSA) is 98.2 Å². The minimum absolute atomic E-state index is 0.0478. The minimum atomic E-state index is -3.70. The summed E-state index contributed by atoms with van der Waals surface area (Å²) in [7, 11) is -3.70. The molecule has 0 aromatic heterocycles. The smallest absolute Gasteiger partial charge is 0.238 e. The van der Waals surface area contributed by atoms with Gasteiger partial charge in [0, 0.05) is 11.3 Å². The maximum absolute atomic E-state index is 11.3. The van der Waals surface area contributed by atoms with Crippen molar-refractivity contribution in [3.05, 3.63) is 18.2 Å². The second-order valence-electron chi connectivity index (χ2n) is 5.15. The molecule has 1 aromatic rings. The summed E-state index contributed by atoms with van der Waals surface area (Å²) in [6.07, 6.45) is 6.79. The molecule has 0 spiro atoms. The molecule has 1 aliphatic rings. The number of nitrogen functional groups attached to an aromatic ring is 1. The van der Waals surface area contributed by atoms with Crippen molar-refractivity contribution in [1.29, 1.82) is 0 Å². The Labute approximate surface area is 124 Å². The Balaban J connectivity index is 2.04. The summed E-state index contributed by atoms with van der Waals surface area (Å²) in [6.45, 7) is 0. The van der Waals surface area contributed by atoms with Gasteiger partial charge in [-0.05, 0) is 50.1 Å². The zero-order valence-corrected chi connectivity index (χ0v) is 13.1. The van der Waals surface area contributed by atoms with Crippen LogP contribution in [0.15, 0.2) is 23.1 Å². The van der Waals surface area contributed by atoms with Crippen LogP contribution in [0.25, 0.3) is 0 Å². The lowest BCUT2D eigenvalue weighted by Crippen LogP contribution is -2.27. The zero-order valence-electron chi connectivity index (χ0n) is 11.5. The zero-order chi connectivity index (χ0) is 14.8. The number of nitrogens with two attached hydrogens (primary N) is 2. The van der Waals surface area contributed by atoms with Crippen molar-refractivity contribution in [2.24, 2.45) is 5.14 Å². The normalized spacial score (nSPS) is 23.5. The lowest BCUT2D eigenvalue weighted by atomic mass is 9.94. The first-order valence-corrected chi connectivity index (χ1v) is 9.45. The fourth-order valence-corrected chi connectivity index (χ4v) is 3.80. The summed E-state index contributed by atoms with van der Waals surface area (Å²) in [6, 6.07) is 4.99. The number of rotatable bonds is 4. The highest BCUT2D eigenvalue weighted by molar-refractivity contribution is 7.99. The maximum atomic E-state index is 11.3. The Bertz CT molecular complexity index is 567. The molecule has 1 fully saturated rings. The van der Waals surface area contributed by atoms with E-state index in [9.17, 15) is 8.42 Å². The van der Waals surface area contributed by atoms with Crippen LogP contribution < -0.4 is 16.2 Å². The van der Waals surface area contributed by atoms with Crippen molar-refractivity contribution in [1.82, 2.24) is 0 Å². The largest absolute Gasteiger partial charge is 0.397 e. The summed E-state index contributed by atoms with van der Waals surface area (Å²) in [5, 5.41) is 9.25. The van der Waals surface area contributed by atoms with Crippen LogP contribution >= 0.6 is 11.8 Å². The van der Waals surface area contributed by atoms with E-state index in [0.29, 0.717) is 11.7 Å². The van der Waals surface area contributed by atoms with E-state index >= 15 is 0 Å². The van der Waals surface area contributed by atoms with Gasteiger partial charge in [0.2, 0.25) is 10.0 Å². The van der Waals surface area contributed by atoms with E-state index in [1.54, 1.807) is 6.07 Å². The van der Waals surface area contributed by atoms with Crippen LogP contribution in [0.3, 0.4) is 0 Å². The molecular formula is C13H21N3O2S2. The molecule has 7 heteroatoms. The van der Waals surface area contributed by atoms with Crippen molar-refractivity contribution < 1.29 is 8.42 Å². The first kappa shape index (κ1) is 15.5. The molecule has 0 heterocycles. The van der Waals surface area contributed by atoms with E-state index in [1.807, 2.05) is 11.8 Å². The standard InChI is InChI=1S/C13H21N3O2S2/c1-19-10-4-2-9(3-5-10)16-13-7-6-11(8-12(13)14)20(15,17)18/h6-10,16H,2-5,14H2,1H3,(H2,15,17,18). The van der Waals surface area contributed by atoms with E-state index in [0.717, 1.165) is 23.8 Å². The number of anilines is 2. The molecule has 2 rings (SSSR count). The van der Waals surface area contributed by atoms with Crippen LogP contribution in [0.2, 0.25) is 0 Å². The molecular weight excluding hydrogens is 294 g/mol. The summed E-state index contributed by atoms with van der Waals surface area (Å²) in [5.74, 6) is 0. The molecule has 5 nitrogen and oxygen atoms in total. The molecule has 0 amide bonds. The first-order chi connectivity index (χ1) is 9.40. The number of sulfonamides is 1. The van der Waals surface area contributed by atoms with E-state index < -0.39 is 10.0 Å². The van der Waals surface area contributed by atoms with Gasteiger partial charge < -0.3 is 11.1 Å². The monoisotopic (exact) mass is 315 g/mol. The second kappa shape index (κ2) is 6.24. The van der Waals surface area contributed by atoms with Gasteiger partial charge in [-0.3, -0.25) is 0 Å². The summed E-state index contributed by atoms with van der Waals surface area (Å²) < 4.78 is 22.5. The Morgan fingerprint density at radius 3 is 2.40 bits per heavy atom. The molecule has 5 N–H and O–H groups in total. The Hall–Kier alpha value is -0.920. The average Bonchev–Trinajstić information content (AvgIpc) is 2.41. The number of thioether (sulfide) groups is 1. The molecule has 20 heavy (non-hydrogen) atoms. The third-order valence-electron chi connectivity index (χ3n) is 3.72. The van der Waals surface area contributed by atoms with Crippen LogP contribution in [0.4, 0.5) is 11.4 Å². The van der Waals surface area contributed by atoms with Crippen molar-refractivity contribution in [2.45, 2.75) is 41.9 Å². The number of hydrogen-bond donors (Lipinski definition) is 3. The molecule has 0 saturated heterocycles. The first-order valence-electron chi connectivity index (χ1n) is 6.62. The van der Waals surface area contributed by atoms with Gasteiger partial charge in [-0.15, -0.1) is 0 Å². The fourth-order valence-electron chi connectivity index (χ4n) is 2.51. The van der Waals surface area contributed by atoms with E-state index in [4.69, 9.17) is 10.9 Å². The number of hydrogen-bond acceptors (Lipinski definition) is 5. The van der Waals surface area contributed by atoms with E-state index in [1.165, 1.54) is 25.0 Å². The summed E-state index contributed by atoms with van der Waals surface area (Å²) in [5.41, 5.74) is 7.10. The SMILES string of the molecule is CSC1CCC(Nc2ccc(S(N)(=O)=O)cc2N)CC1. The maximum Gasteiger partial charge on any atom is 0.238 e. The van der Waals surface area contributed by atoms with Crippen molar-refractivity contribution in [3.63, 3.8) is 0 Å². The molecule has 0 atom stereocenters. The molecule has 0 aliphatic heterocycles. The average molecular weight is 315 g/mol. The fraction of sp³-hybridized carbons (Fsp3) is 0.538. The van der Waals surface area contributed by atoms with E-state index in [2.05, 4.69) is 11.6 Å². The molecule has 1 aliphatic carbocycles. The second-order valence-corrected chi connectivity index (χ2v) is 7.85. The van der Waals surface area contributed by atoms with Crippen molar-refractivity contribution in [3.8, 4) is 0 Å². The van der Waals surface area contributed by atoms with Crippen LogP contribution in [0.1, 0.15) is 25.7 Å². The highest BCUT2D eigenvalue weighted by Crippen LogP contribution is 2.30. The van der Waals surface area contributed by atoms with Crippen LogP contribution in [0.5, 0.6) is 0 Å². The number of nitrogens with one attached hydrogen (secondary N) is 1.